The third-order valence-electron chi connectivity index (χ3n) is 4.24. The van der Waals surface area contributed by atoms with Crippen LogP contribution in [0.5, 0.6) is 0 Å². The number of aromatic nitrogens is 4. The van der Waals surface area contributed by atoms with Crippen molar-refractivity contribution in [1.29, 1.82) is 0 Å². The summed E-state index contributed by atoms with van der Waals surface area (Å²) in [6.07, 6.45) is -2.18. The van der Waals surface area contributed by atoms with Gasteiger partial charge in [0, 0.05) is 6.42 Å². The summed E-state index contributed by atoms with van der Waals surface area (Å²) >= 11 is 5.93. The Morgan fingerprint density at radius 1 is 1.36 bits per heavy atom. The second-order valence-electron chi connectivity index (χ2n) is 6.24. The van der Waals surface area contributed by atoms with Crippen LogP contribution in [0.2, 0.25) is 5.15 Å². The van der Waals surface area contributed by atoms with E-state index in [1.165, 1.54) is 0 Å². The maximum absolute atomic E-state index is 14.6. The number of anilines is 1. The van der Waals surface area contributed by atoms with Gasteiger partial charge in [0.2, 0.25) is 12.2 Å². The number of hydrogen-bond acceptors (Lipinski definition) is 7. The normalized spacial score (nSPS) is 21.1. The Hall–Kier alpha value is -2.85. The van der Waals surface area contributed by atoms with E-state index in [1.54, 1.807) is 30.3 Å². The van der Waals surface area contributed by atoms with E-state index in [9.17, 15) is 13.6 Å². The van der Waals surface area contributed by atoms with Gasteiger partial charge in [0.05, 0.1) is 11.9 Å². The monoisotopic (exact) mass is 409 g/mol. The van der Waals surface area contributed by atoms with Gasteiger partial charge in [-0.2, -0.15) is 9.97 Å². The van der Waals surface area contributed by atoms with Gasteiger partial charge in [0.15, 0.2) is 10.8 Å². The molecule has 0 bridgehead atoms. The minimum Gasteiger partial charge on any atom is -0.459 e. The zero-order valence-corrected chi connectivity index (χ0v) is 15.0. The molecule has 1 aliphatic heterocycles. The van der Waals surface area contributed by atoms with Crippen LogP contribution in [0.15, 0.2) is 36.7 Å². The van der Waals surface area contributed by atoms with Crippen LogP contribution >= 0.6 is 11.6 Å². The van der Waals surface area contributed by atoms with Gasteiger partial charge in [-0.25, -0.2) is 18.6 Å². The molecule has 8 nitrogen and oxygen atoms in total. The summed E-state index contributed by atoms with van der Waals surface area (Å²) in [7, 11) is 0. The molecule has 0 aliphatic carbocycles. The maximum Gasteiger partial charge on any atom is 0.338 e. The molecule has 0 saturated carbocycles. The second kappa shape index (κ2) is 6.95. The van der Waals surface area contributed by atoms with Crippen LogP contribution in [0.1, 0.15) is 23.0 Å². The number of nitrogen functional groups attached to an aromatic ring is 1. The molecule has 1 fully saturated rings. The van der Waals surface area contributed by atoms with Crippen LogP contribution in [-0.4, -0.2) is 44.1 Å². The zero-order chi connectivity index (χ0) is 19.9. The summed E-state index contributed by atoms with van der Waals surface area (Å²) < 4.78 is 40.8. The van der Waals surface area contributed by atoms with Crippen molar-refractivity contribution >= 4 is 34.7 Å². The predicted octanol–water partition coefficient (Wildman–Crippen LogP) is 2.84. The number of fused-ring (bicyclic) bond motifs is 1. The summed E-state index contributed by atoms with van der Waals surface area (Å²) in [6.45, 7) is -0.315. The molecule has 2 atom stereocenters. The Morgan fingerprint density at radius 2 is 2.11 bits per heavy atom. The molecule has 3 heterocycles. The number of hydrogen-bond donors (Lipinski definition) is 1. The first-order chi connectivity index (χ1) is 13.3. The van der Waals surface area contributed by atoms with Crippen LogP contribution in [0, 0.1) is 0 Å². The Kier molecular flexibility index (Phi) is 4.60. The van der Waals surface area contributed by atoms with Crippen LogP contribution in [0.3, 0.4) is 0 Å². The number of halogens is 3. The van der Waals surface area contributed by atoms with E-state index in [0.29, 0.717) is 5.56 Å². The smallest absolute Gasteiger partial charge is 0.338 e. The SMILES string of the molecule is Nc1nc(Cl)c2ncn(C3OC(COC(=O)c4ccccc4)CC3(F)F)c2n1. The van der Waals surface area contributed by atoms with Gasteiger partial charge in [0.25, 0.3) is 5.92 Å². The number of nitrogens with zero attached hydrogens (tertiary/aromatic N) is 4. The summed E-state index contributed by atoms with van der Waals surface area (Å²) in [5.41, 5.74) is 6.04. The van der Waals surface area contributed by atoms with Crippen molar-refractivity contribution in [3.05, 3.63) is 47.4 Å². The molecule has 1 aromatic carbocycles. The number of nitrogens with two attached hydrogens (primary N) is 1. The molecule has 4 rings (SSSR count). The number of alkyl halides is 2. The Bertz CT molecular complexity index is 1030. The highest BCUT2D eigenvalue weighted by Crippen LogP contribution is 2.43. The van der Waals surface area contributed by atoms with Crippen molar-refractivity contribution in [1.82, 2.24) is 19.5 Å². The van der Waals surface area contributed by atoms with Gasteiger partial charge in [-0.05, 0) is 12.1 Å². The van der Waals surface area contributed by atoms with E-state index in [2.05, 4.69) is 15.0 Å². The topological polar surface area (TPSA) is 105 Å². The number of esters is 1. The summed E-state index contributed by atoms with van der Waals surface area (Å²) in [6, 6.07) is 8.24. The molecule has 2 aromatic heterocycles. The van der Waals surface area contributed by atoms with Crippen molar-refractivity contribution in [3.8, 4) is 0 Å². The van der Waals surface area contributed by atoms with E-state index >= 15 is 0 Å². The fourth-order valence-corrected chi connectivity index (χ4v) is 3.22. The highest BCUT2D eigenvalue weighted by molar-refractivity contribution is 6.33. The third kappa shape index (κ3) is 3.36. The minimum atomic E-state index is -3.25. The molecule has 2 N–H and O–H groups in total. The first kappa shape index (κ1) is 18.5. The average molecular weight is 410 g/mol. The largest absolute Gasteiger partial charge is 0.459 e. The van der Waals surface area contributed by atoms with E-state index in [0.717, 1.165) is 10.9 Å². The number of ether oxygens (including phenoxy) is 2. The highest BCUT2D eigenvalue weighted by atomic mass is 35.5. The lowest BCUT2D eigenvalue weighted by molar-refractivity contribution is -0.116. The van der Waals surface area contributed by atoms with Crippen LogP contribution in [0.4, 0.5) is 14.7 Å². The molecular formula is C17H14ClF2N5O3. The highest BCUT2D eigenvalue weighted by Gasteiger charge is 2.52. The van der Waals surface area contributed by atoms with Crippen molar-refractivity contribution in [3.63, 3.8) is 0 Å². The van der Waals surface area contributed by atoms with E-state index in [4.69, 9.17) is 26.8 Å². The Morgan fingerprint density at radius 3 is 2.86 bits per heavy atom. The van der Waals surface area contributed by atoms with Crippen LogP contribution < -0.4 is 5.73 Å². The molecular weight excluding hydrogens is 396 g/mol. The fourth-order valence-electron chi connectivity index (χ4n) is 3.00. The van der Waals surface area contributed by atoms with Crippen LogP contribution in [0.25, 0.3) is 11.2 Å². The molecule has 2 unspecified atom stereocenters. The second-order valence-corrected chi connectivity index (χ2v) is 6.59. The third-order valence-corrected chi connectivity index (χ3v) is 4.50. The summed E-state index contributed by atoms with van der Waals surface area (Å²) in [4.78, 5) is 23.6. The maximum atomic E-state index is 14.6. The summed E-state index contributed by atoms with van der Waals surface area (Å²) in [5.74, 6) is -4.03. The van der Waals surface area contributed by atoms with Crippen LogP contribution in [-0.2, 0) is 9.47 Å². The van der Waals surface area contributed by atoms with Crippen molar-refractivity contribution in [2.75, 3.05) is 12.3 Å². The van der Waals surface area contributed by atoms with Gasteiger partial charge in [0.1, 0.15) is 18.2 Å². The van der Waals surface area contributed by atoms with Crippen molar-refractivity contribution < 1.29 is 23.0 Å². The number of imidazole rings is 1. The molecule has 1 saturated heterocycles. The molecule has 146 valence electrons. The molecule has 11 heteroatoms. The standard InChI is InChI=1S/C17H14ClF2N5O3/c18-12-11-13(24-16(21)23-12)25(8-22-11)15-17(19,20)6-10(28-15)7-27-14(26)9-4-2-1-3-5-9/h1-5,8,10,15H,6-7H2,(H2,21,23,24). The molecule has 1 aliphatic rings. The van der Waals surface area contributed by atoms with Gasteiger partial charge in [-0.1, -0.05) is 29.8 Å². The first-order valence-corrected chi connectivity index (χ1v) is 8.64. The lowest BCUT2D eigenvalue weighted by Gasteiger charge is -2.19. The number of rotatable bonds is 4. The predicted molar refractivity (Wildman–Crippen MR) is 94.9 cm³/mol. The average Bonchev–Trinajstić information content (AvgIpc) is 3.20. The van der Waals surface area contributed by atoms with Crippen molar-refractivity contribution in [2.45, 2.75) is 24.7 Å². The number of carbonyl (C=O) groups excluding carboxylic acids is 1. The quantitative estimate of drug-likeness (QED) is 0.521. The van der Waals surface area contributed by atoms with Gasteiger partial charge < -0.3 is 15.2 Å². The fraction of sp³-hybridized carbons (Fsp3) is 0.294. The lowest BCUT2D eigenvalue weighted by atomic mass is 10.2. The van der Waals surface area contributed by atoms with Gasteiger partial charge in [-0.15, -0.1) is 0 Å². The Balaban J connectivity index is 1.52. The first-order valence-electron chi connectivity index (χ1n) is 8.26. The summed E-state index contributed by atoms with van der Waals surface area (Å²) in [5, 5.41) is -0.0455. The number of benzene rings is 1. The minimum absolute atomic E-state index is 0.0316. The molecule has 0 amide bonds. The van der Waals surface area contributed by atoms with Gasteiger partial charge in [-0.3, -0.25) is 4.57 Å². The Labute approximate surface area is 162 Å². The molecule has 0 radical (unpaired) electrons. The molecule has 0 spiro atoms. The van der Waals surface area contributed by atoms with Crippen molar-refractivity contribution in [2.24, 2.45) is 0 Å². The number of carbonyl (C=O) groups is 1. The van der Waals surface area contributed by atoms with E-state index in [1.807, 2.05) is 0 Å². The lowest BCUT2D eigenvalue weighted by Crippen LogP contribution is -2.25. The van der Waals surface area contributed by atoms with E-state index < -0.39 is 30.6 Å². The zero-order valence-electron chi connectivity index (χ0n) is 14.3. The van der Waals surface area contributed by atoms with Gasteiger partial charge >= 0.3 is 5.97 Å². The van der Waals surface area contributed by atoms with E-state index in [-0.39, 0.29) is 28.9 Å². The molecule has 3 aromatic rings. The molecule has 28 heavy (non-hydrogen) atoms.